The average Bonchev–Trinajstić information content (AvgIpc) is 2.02. The third kappa shape index (κ3) is 6.01. The van der Waals surface area contributed by atoms with Crippen molar-refractivity contribution in [2.45, 2.75) is 65.8 Å². The molecule has 0 radical (unpaired) electrons. The summed E-state index contributed by atoms with van der Waals surface area (Å²) in [6.45, 7) is 10.3. The molecule has 1 atom stereocenters. The quantitative estimate of drug-likeness (QED) is 0.724. The van der Waals surface area contributed by atoms with Gasteiger partial charge in [0, 0.05) is 11.5 Å². The van der Waals surface area contributed by atoms with Gasteiger partial charge in [-0.1, -0.05) is 26.7 Å². The molecule has 0 rings (SSSR count). The standard InChI is InChI=1S/C12H25NO/c1-6-8-9-10(7-2)11(14)13-12(3,4)5/h10H,6-9H2,1-5H3,(H,13,14). The van der Waals surface area contributed by atoms with Crippen LogP contribution in [-0.2, 0) is 4.79 Å². The molecule has 1 N–H and O–H groups in total. The van der Waals surface area contributed by atoms with Crippen molar-refractivity contribution in [1.82, 2.24) is 5.32 Å². The van der Waals surface area contributed by atoms with Crippen LogP contribution in [0.2, 0.25) is 0 Å². The van der Waals surface area contributed by atoms with Crippen LogP contribution in [0.5, 0.6) is 0 Å². The summed E-state index contributed by atoms with van der Waals surface area (Å²) in [4.78, 5) is 11.8. The van der Waals surface area contributed by atoms with E-state index in [-0.39, 0.29) is 17.4 Å². The Bertz CT molecular complexity index is 170. The minimum Gasteiger partial charge on any atom is -0.351 e. The first kappa shape index (κ1) is 13.5. The Labute approximate surface area is 88.5 Å². The molecular weight excluding hydrogens is 174 g/mol. The lowest BCUT2D eigenvalue weighted by atomic mass is 9.97. The number of hydrogen-bond donors (Lipinski definition) is 1. The van der Waals surface area contributed by atoms with E-state index in [1.165, 1.54) is 6.42 Å². The van der Waals surface area contributed by atoms with Crippen LogP contribution in [-0.4, -0.2) is 11.4 Å². The smallest absolute Gasteiger partial charge is 0.223 e. The monoisotopic (exact) mass is 199 g/mol. The first-order valence-electron chi connectivity index (χ1n) is 5.72. The molecule has 14 heavy (non-hydrogen) atoms. The van der Waals surface area contributed by atoms with Crippen molar-refractivity contribution in [2.75, 3.05) is 0 Å². The van der Waals surface area contributed by atoms with Crippen LogP contribution in [0.15, 0.2) is 0 Å². The van der Waals surface area contributed by atoms with Crippen LogP contribution in [0.4, 0.5) is 0 Å². The van der Waals surface area contributed by atoms with Crippen molar-refractivity contribution < 1.29 is 4.79 Å². The Morgan fingerprint density at radius 2 is 1.86 bits per heavy atom. The summed E-state index contributed by atoms with van der Waals surface area (Å²) in [5.74, 6) is 0.419. The van der Waals surface area contributed by atoms with Crippen LogP contribution >= 0.6 is 0 Å². The van der Waals surface area contributed by atoms with Crippen LogP contribution in [0, 0.1) is 5.92 Å². The molecule has 0 aliphatic rings. The molecule has 0 saturated heterocycles. The molecular formula is C12H25NO. The van der Waals surface area contributed by atoms with Gasteiger partial charge in [0.1, 0.15) is 0 Å². The van der Waals surface area contributed by atoms with Gasteiger partial charge in [0.15, 0.2) is 0 Å². The van der Waals surface area contributed by atoms with Gasteiger partial charge in [0.25, 0.3) is 0 Å². The summed E-state index contributed by atoms with van der Waals surface area (Å²) in [7, 11) is 0. The normalized spacial score (nSPS) is 13.8. The number of carbonyl (C=O) groups excluding carboxylic acids is 1. The Morgan fingerprint density at radius 1 is 1.29 bits per heavy atom. The molecule has 0 saturated carbocycles. The molecule has 0 aromatic carbocycles. The number of rotatable bonds is 5. The largest absolute Gasteiger partial charge is 0.351 e. The van der Waals surface area contributed by atoms with E-state index in [2.05, 4.69) is 19.2 Å². The molecule has 1 amide bonds. The number of amides is 1. The van der Waals surface area contributed by atoms with Crippen LogP contribution in [0.1, 0.15) is 60.3 Å². The van der Waals surface area contributed by atoms with Crippen LogP contribution < -0.4 is 5.32 Å². The minimum atomic E-state index is -0.100. The molecule has 0 fully saturated rings. The van der Waals surface area contributed by atoms with Gasteiger partial charge in [-0.25, -0.2) is 0 Å². The molecule has 1 unspecified atom stereocenters. The summed E-state index contributed by atoms with van der Waals surface area (Å²) in [6, 6.07) is 0. The molecule has 0 spiro atoms. The molecule has 0 aliphatic carbocycles. The lowest BCUT2D eigenvalue weighted by Gasteiger charge is -2.24. The molecule has 84 valence electrons. The van der Waals surface area contributed by atoms with Gasteiger partial charge in [-0.2, -0.15) is 0 Å². The summed E-state index contributed by atoms with van der Waals surface area (Å²) in [6.07, 6.45) is 4.28. The summed E-state index contributed by atoms with van der Waals surface area (Å²) in [5.41, 5.74) is -0.100. The molecule has 0 aromatic rings. The van der Waals surface area contributed by atoms with Gasteiger partial charge in [-0.15, -0.1) is 0 Å². The van der Waals surface area contributed by atoms with Crippen molar-refractivity contribution >= 4 is 5.91 Å². The Morgan fingerprint density at radius 3 is 2.21 bits per heavy atom. The topological polar surface area (TPSA) is 29.1 Å². The lowest BCUT2D eigenvalue weighted by Crippen LogP contribution is -2.43. The van der Waals surface area contributed by atoms with Gasteiger partial charge < -0.3 is 5.32 Å². The first-order chi connectivity index (χ1) is 6.40. The molecule has 2 heteroatoms. The first-order valence-corrected chi connectivity index (χ1v) is 5.72. The van der Waals surface area contributed by atoms with Crippen LogP contribution in [0.25, 0.3) is 0 Å². The van der Waals surface area contributed by atoms with E-state index in [1.54, 1.807) is 0 Å². The highest BCUT2D eigenvalue weighted by Gasteiger charge is 2.20. The molecule has 0 aliphatic heterocycles. The molecule has 0 aromatic heterocycles. The van der Waals surface area contributed by atoms with Crippen molar-refractivity contribution in [3.63, 3.8) is 0 Å². The number of unbranched alkanes of at least 4 members (excludes halogenated alkanes) is 1. The van der Waals surface area contributed by atoms with Gasteiger partial charge in [-0.05, 0) is 33.6 Å². The van der Waals surface area contributed by atoms with E-state index in [4.69, 9.17) is 0 Å². The highest BCUT2D eigenvalue weighted by atomic mass is 16.2. The SMILES string of the molecule is CCCCC(CC)C(=O)NC(C)(C)C. The van der Waals surface area contributed by atoms with Gasteiger partial charge in [-0.3, -0.25) is 4.79 Å². The fourth-order valence-corrected chi connectivity index (χ4v) is 1.44. The third-order valence-electron chi connectivity index (χ3n) is 2.27. The zero-order chi connectivity index (χ0) is 11.2. The van der Waals surface area contributed by atoms with Crippen molar-refractivity contribution in [3.8, 4) is 0 Å². The Balaban J connectivity index is 4.04. The second-order valence-electron chi connectivity index (χ2n) is 4.99. The van der Waals surface area contributed by atoms with Gasteiger partial charge in [0.05, 0.1) is 0 Å². The van der Waals surface area contributed by atoms with E-state index >= 15 is 0 Å². The third-order valence-corrected chi connectivity index (χ3v) is 2.27. The molecule has 0 heterocycles. The second-order valence-corrected chi connectivity index (χ2v) is 4.99. The lowest BCUT2D eigenvalue weighted by molar-refractivity contribution is -0.126. The predicted octanol–water partition coefficient (Wildman–Crippen LogP) is 3.12. The zero-order valence-electron chi connectivity index (χ0n) is 10.3. The second kappa shape index (κ2) is 6.05. The fraction of sp³-hybridized carbons (Fsp3) is 0.917. The van der Waals surface area contributed by atoms with E-state index < -0.39 is 0 Å². The molecule has 0 bridgehead atoms. The summed E-state index contributed by atoms with van der Waals surface area (Å²) >= 11 is 0. The maximum Gasteiger partial charge on any atom is 0.223 e. The Kier molecular flexibility index (Phi) is 5.82. The number of hydrogen-bond acceptors (Lipinski definition) is 1. The Hall–Kier alpha value is -0.530. The van der Waals surface area contributed by atoms with Crippen LogP contribution in [0.3, 0.4) is 0 Å². The number of carbonyl (C=O) groups is 1. The summed E-state index contributed by atoms with van der Waals surface area (Å²) in [5, 5.41) is 3.04. The maximum absolute atomic E-state index is 11.8. The van der Waals surface area contributed by atoms with Gasteiger partial charge >= 0.3 is 0 Å². The van der Waals surface area contributed by atoms with E-state index in [1.807, 2.05) is 20.8 Å². The van der Waals surface area contributed by atoms with Gasteiger partial charge in [0.2, 0.25) is 5.91 Å². The van der Waals surface area contributed by atoms with E-state index in [9.17, 15) is 4.79 Å². The van der Waals surface area contributed by atoms with Crippen molar-refractivity contribution in [2.24, 2.45) is 5.92 Å². The molecule has 2 nitrogen and oxygen atoms in total. The number of nitrogens with one attached hydrogen (secondary N) is 1. The van der Waals surface area contributed by atoms with Crippen molar-refractivity contribution in [1.29, 1.82) is 0 Å². The average molecular weight is 199 g/mol. The van der Waals surface area contributed by atoms with E-state index in [0.717, 1.165) is 19.3 Å². The minimum absolute atomic E-state index is 0.100. The highest BCUT2D eigenvalue weighted by molar-refractivity contribution is 5.79. The fourth-order valence-electron chi connectivity index (χ4n) is 1.44. The summed E-state index contributed by atoms with van der Waals surface area (Å²) < 4.78 is 0. The highest BCUT2D eigenvalue weighted by Crippen LogP contribution is 2.14. The zero-order valence-corrected chi connectivity index (χ0v) is 10.3. The predicted molar refractivity (Wildman–Crippen MR) is 61.2 cm³/mol. The van der Waals surface area contributed by atoms with E-state index in [0.29, 0.717) is 0 Å². The van der Waals surface area contributed by atoms with Crippen molar-refractivity contribution in [3.05, 3.63) is 0 Å². The maximum atomic E-state index is 11.8.